The first kappa shape index (κ1) is 9.51. The molecule has 4 nitrogen and oxygen atoms in total. The van der Waals surface area contributed by atoms with Gasteiger partial charge in [-0.25, -0.2) is 0 Å². The lowest BCUT2D eigenvalue weighted by Crippen LogP contribution is -2.04. The van der Waals surface area contributed by atoms with Crippen LogP contribution < -0.4 is 5.73 Å². The molecule has 1 aliphatic rings. The first-order valence-corrected chi connectivity index (χ1v) is 5.73. The van der Waals surface area contributed by atoms with E-state index in [2.05, 4.69) is 5.10 Å². The standard InChI is InChI=1S/C12H15N3O/c13-10-8-15(9-4-1-2-5-9)14-12(10)11-6-3-7-16-11/h3,6-9H,1-2,4-5,13H2. The number of nitrogens with zero attached hydrogens (tertiary/aromatic N) is 2. The summed E-state index contributed by atoms with van der Waals surface area (Å²) in [5.74, 6) is 0.745. The number of aromatic nitrogens is 2. The van der Waals surface area contributed by atoms with E-state index in [1.165, 1.54) is 25.7 Å². The monoisotopic (exact) mass is 217 g/mol. The van der Waals surface area contributed by atoms with Crippen LogP contribution in [0.25, 0.3) is 11.5 Å². The van der Waals surface area contributed by atoms with Crippen molar-refractivity contribution in [3.05, 3.63) is 24.6 Å². The molecule has 0 saturated heterocycles. The molecule has 0 spiro atoms. The molecule has 0 aromatic carbocycles. The highest BCUT2D eigenvalue weighted by molar-refractivity contribution is 5.67. The maximum Gasteiger partial charge on any atom is 0.156 e. The van der Waals surface area contributed by atoms with E-state index in [-0.39, 0.29) is 0 Å². The average molecular weight is 217 g/mol. The second-order valence-corrected chi connectivity index (χ2v) is 4.33. The van der Waals surface area contributed by atoms with Crippen molar-refractivity contribution in [3.63, 3.8) is 0 Å². The van der Waals surface area contributed by atoms with Crippen LogP contribution in [0.1, 0.15) is 31.7 Å². The van der Waals surface area contributed by atoms with Crippen LogP contribution in [-0.4, -0.2) is 9.78 Å². The summed E-state index contributed by atoms with van der Waals surface area (Å²) in [6, 6.07) is 4.26. The normalized spacial score (nSPS) is 17.0. The second kappa shape index (κ2) is 3.70. The maximum atomic E-state index is 5.96. The molecule has 1 aliphatic carbocycles. The number of nitrogen functional groups attached to an aromatic ring is 1. The van der Waals surface area contributed by atoms with Gasteiger partial charge in [-0.2, -0.15) is 5.10 Å². The lowest BCUT2D eigenvalue weighted by Gasteiger charge is -2.08. The third-order valence-electron chi connectivity index (χ3n) is 3.21. The van der Waals surface area contributed by atoms with Crippen LogP contribution in [0.15, 0.2) is 29.0 Å². The molecule has 0 atom stereocenters. The van der Waals surface area contributed by atoms with Crippen molar-refractivity contribution in [2.24, 2.45) is 0 Å². The van der Waals surface area contributed by atoms with Crippen LogP contribution in [0.2, 0.25) is 0 Å². The van der Waals surface area contributed by atoms with E-state index in [1.54, 1.807) is 6.26 Å². The highest BCUT2D eigenvalue weighted by Gasteiger charge is 2.20. The van der Waals surface area contributed by atoms with Crippen LogP contribution in [-0.2, 0) is 0 Å². The molecule has 2 N–H and O–H groups in total. The predicted octanol–water partition coefficient (Wildman–Crippen LogP) is 2.84. The molecule has 0 radical (unpaired) electrons. The van der Waals surface area contributed by atoms with E-state index in [0.717, 1.165) is 11.5 Å². The number of nitrogens with two attached hydrogens (primary N) is 1. The Morgan fingerprint density at radius 3 is 2.88 bits per heavy atom. The molecule has 2 heterocycles. The van der Waals surface area contributed by atoms with Crippen LogP contribution >= 0.6 is 0 Å². The molecule has 4 heteroatoms. The van der Waals surface area contributed by atoms with Gasteiger partial charge in [0.25, 0.3) is 0 Å². The Hall–Kier alpha value is -1.71. The fourth-order valence-electron chi connectivity index (χ4n) is 2.37. The molecule has 0 amide bonds. The van der Waals surface area contributed by atoms with Crippen molar-refractivity contribution in [1.82, 2.24) is 9.78 Å². The van der Waals surface area contributed by atoms with Gasteiger partial charge in [0.15, 0.2) is 11.5 Å². The van der Waals surface area contributed by atoms with Crippen molar-refractivity contribution in [3.8, 4) is 11.5 Å². The third kappa shape index (κ3) is 1.50. The zero-order valence-electron chi connectivity index (χ0n) is 9.10. The van der Waals surface area contributed by atoms with Gasteiger partial charge in [0.05, 0.1) is 18.0 Å². The minimum Gasteiger partial charge on any atom is -0.463 e. The van der Waals surface area contributed by atoms with E-state index >= 15 is 0 Å². The lowest BCUT2D eigenvalue weighted by molar-refractivity contribution is 0.466. The average Bonchev–Trinajstić information content (AvgIpc) is 2.97. The van der Waals surface area contributed by atoms with Gasteiger partial charge in [0.2, 0.25) is 0 Å². The molecule has 16 heavy (non-hydrogen) atoms. The molecule has 0 aliphatic heterocycles. The summed E-state index contributed by atoms with van der Waals surface area (Å²) >= 11 is 0. The second-order valence-electron chi connectivity index (χ2n) is 4.33. The zero-order valence-corrected chi connectivity index (χ0v) is 9.10. The highest BCUT2D eigenvalue weighted by atomic mass is 16.3. The Bertz CT molecular complexity index is 466. The number of hydrogen-bond donors (Lipinski definition) is 1. The van der Waals surface area contributed by atoms with Gasteiger partial charge < -0.3 is 10.2 Å². The first-order valence-electron chi connectivity index (χ1n) is 5.73. The Kier molecular flexibility index (Phi) is 2.20. The van der Waals surface area contributed by atoms with E-state index in [9.17, 15) is 0 Å². The quantitative estimate of drug-likeness (QED) is 0.841. The zero-order chi connectivity index (χ0) is 11.0. The van der Waals surface area contributed by atoms with Gasteiger partial charge in [0, 0.05) is 6.20 Å². The summed E-state index contributed by atoms with van der Waals surface area (Å²) in [5, 5.41) is 4.53. The number of furan rings is 1. The Balaban J connectivity index is 1.95. The number of hydrogen-bond acceptors (Lipinski definition) is 3. The van der Waals surface area contributed by atoms with Gasteiger partial charge in [-0.3, -0.25) is 4.68 Å². The molecule has 3 rings (SSSR count). The molecule has 1 fully saturated rings. The predicted molar refractivity (Wildman–Crippen MR) is 61.8 cm³/mol. The molecule has 0 unspecified atom stereocenters. The number of rotatable bonds is 2. The van der Waals surface area contributed by atoms with E-state index in [4.69, 9.17) is 10.2 Å². The third-order valence-corrected chi connectivity index (χ3v) is 3.21. The van der Waals surface area contributed by atoms with Crippen molar-refractivity contribution in [2.45, 2.75) is 31.7 Å². The van der Waals surface area contributed by atoms with Crippen molar-refractivity contribution in [1.29, 1.82) is 0 Å². The topological polar surface area (TPSA) is 57.0 Å². The van der Waals surface area contributed by atoms with Crippen LogP contribution in [0.4, 0.5) is 5.69 Å². The highest BCUT2D eigenvalue weighted by Crippen LogP contribution is 2.32. The first-order chi connectivity index (χ1) is 7.84. The Morgan fingerprint density at radius 1 is 1.38 bits per heavy atom. The van der Waals surface area contributed by atoms with Gasteiger partial charge >= 0.3 is 0 Å². The van der Waals surface area contributed by atoms with Crippen molar-refractivity contribution in [2.75, 3.05) is 5.73 Å². The van der Waals surface area contributed by atoms with Gasteiger partial charge in [0.1, 0.15) is 0 Å². The van der Waals surface area contributed by atoms with E-state index in [1.807, 2.05) is 23.0 Å². The molecule has 84 valence electrons. The van der Waals surface area contributed by atoms with Gasteiger partial charge in [-0.15, -0.1) is 0 Å². The largest absolute Gasteiger partial charge is 0.463 e. The smallest absolute Gasteiger partial charge is 0.156 e. The molecular weight excluding hydrogens is 202 g/mol. The minimum absolute atomic E-state index is 0.519. The Morgan fingerprint density at radius 2 is 2.19 bits per heavy atom. The fraction of sp³-hybridized carbons (Fsp3) is 0.417. The van der Waals surface area contributed by atoms with Crippen LogP contribution in [0.3, 0.4) is 0 Å². The lowest BCUT2D eigenvalue weighted by atomic mass is 10.2. The summed E-state index contributed by atoms with van der Waals surface area (Å²) < 4.78 is 7.32. The summed E-state index contributed by atoms with van der Waals surface area (Å²) in [6.07, 6.45) is 8.57. The molecule has 2 aromatic rings. The van der Waals surface area contributed by atoms with Gasteiger partial charge in [-0.05, 0) is 25.0 Å². The molecular formula is C12H15N3O. The van der Waals surface area contributed by atoms with Crippen LogP contribution in [0.5, 0.6) is 0 Å². The molecule has 2 aromatic heterocycles. The minimum atomic E-state index is 0.519. The maximum absolute atomic E-state index is 5.96. The fourth-order valence-corrected chi connectivity index (χ4v) is 2.37. The van der Waals surface area contributed by atoms with E-state index < -0.39 is 0 Å². The summed E-state index contributed by atoms with van der Waals surface area (Å²) in [4.78, 5) is 0. The Labute approximate surface area is 94.0 Å². The van der Waals surface area contributed by atoms with E-state index in [0.29, 0.717) is 11.7 Å². The van der Waals surface area contributed by atoms with Crippen molar-refractivity contribution < 1.29 is 4.42 Å². The number of anilines is 1. The summed E-state index contributed by atoms with van der Waals surface area (Å²) in [5.41, 5.74) is 7.41. The SMILES string of the molecule is Nc1cn(C2CCCC2)nc1-c1ccco1. The van der Waals surface area contributed by atoms with Gasteiger partial charge in [-0.1, -0.05) is 12.8 Å². The summed E-state index contributed by atoms with van der Waals surface area (Å²) in [6.45, 7) is 0. The van der Waals surface area contributed by atoms with Crippen molar-refractivity contribution >= 4 is 5.69 Å². The van der Waals surface area contributed by atoms with Crippen LogP contribution in [0, 0.1) is 0 Å². The molecule has 0 bridgehead atoms. The summed E-state index contributed by atoms with van der Waals surface area (Å²) in [7, 11) is 0. The molecule has 1 saturated carbocycles.